The molecule has 124 valence electrons. The molecule has 2 aromatic rings. The maximum atomic E-state index is 12.7. The molecule has 1 atom stereocenters. The van der Waals surface area contributed by atoms with Crippen molar-refractivity contribution in [3.8, 4) is 0 Å². The second-order valence-corrected chi connectivity index (χ2v) is 8.14. The molecule has 1 aromatic heterocycles. The van der Waals surface area contributed by atoms with Crippen molar-refractivity contribution in [3.05, 3.63) is 41.7 Å². The Balaban J connectivity index is 1.84. The summed E-state index contributed by atoms with van der Waals surface area (Å²) in [6.45, 7) is 4.34. The molecular formula is C15H20N4O3S. The molecule has 1 saturated heterocycles. The minimum atomic E-state index is -3.63. The first kappa shape index (κ1) is 16.1. The molecule has 0 saturated carbocycles. The van der Waals surface area contributed by atoms with Crippen molar-refractivity contribution < 1.29 is 13.5 Å². The zero-order chi connectivity index (χ0) is 16.7. The fourth-order valence-electron chi connectivity index (χ4n) is 2.77. The van der Waals surface area contributed by atoms with Crippen LogP contribution >= 0.6 is 0 Å². The van der Waals surface area contributed by atoms with Gasteiger partial charge in [-0.2, -0.15) is 19.7 Å². The molecule has 0 spiro atoms. The fraction of sp³-hybridized carbons (Fsp3) is 0.467. The van der Waals surface area contributed by atoms with Crippen LogP contribution in [-0.2, 0) is 15.6 Å². The topological polar surface area (TPSA) is 99.2 Å². The molecule has 0 radical (unpaired) electrons. The lowest BCUT2D eigenvalue weighted by Crippen LogP contribution is -2.34. The Kier molecular flexibility index (Phi) is 3.99. The number of β-amino-alcohol motifs (C(OH)–C–C–N with tert-alkyl or cyclic N) is 1. The molecule has 0 aliphatic carbocycles. The molecule has 1 aliphatic heterocycles. The maximum absolute atomic E-state index is 12.7. The standard InChI is InChI=1S/C15H20N4O3S/c1-11(2)12-3-5-13(6-4-12)23(21,22)19-8-7-15(20,10-19)14-9-16-18-17-14/h3-6,9,11,20H,7-8,10H2,1-2H3,(H,16,17,18)/t15-/m0/s1. The van der Waals surface area contributed by atoms with Crippen molar-refractivity contribution in [1.82, 2.24) is 19.7 Å². The first-order chi connectivity index (χ1) is 10.8. The molecule has 3 rings (SSSR count). The van der Waals surface area contributed by atoms with Crippen LogP contribution in [-0.4, -0.2) is 46.3 Å². The summed E-state index contributed by atoms with van der Waals surface area (Å²) in [6.07, 6.45) is 1.72. The molecular weight excluding hydrogens is 316 g/mol. The molecule has 0 amide bonds. The van der Waals surface area contributed by atoms with Crippen LogP contribution in [0.25, 0.3) is 0 Å². The molecule has 23 heavy (non-hydrogen) atoms. The van der Waals surface area contributed by atoms with Crippen LogP contribution in [0, 0.1) is 0 Å². The molecule has 8 heteroatoms. The first-order valence-corrected chi connectivity index (χ1v) is 8.96. The quantitative estimate of drug-likeness (QED) is 0.874. The normalized spacial score (nSPS) is 22.8. The summed E-state index contributed by atoms with van der Waals surface area (Å²) in [7, 11) is -3.63. The van der Waals surface area contributed by atoms with Crippen molar-refractivity contribution in [2.45, 2.75) is 36.7 Å². The molecule has 2 heterocycles. The number of rotatable bonds is 4. The second kappa shape index (κ2) is 5.70. The van der Waals surface area contributed by atoms with E-state index in [0.29, 0.717) is 18.0 Å². The zero-order valence-corrected chi connectivity index (χ0v) is 13.9. The highest BCUT2D eigenvalue weighted by Gasteiger charge is 2.44. The fourth-order valence-corrected chi connectivity index (χ4v) is 4.27. The van der Waals surface area contributed by atoms with Gasteiger partial charge in [0.15, 0.2) is 0 Å². The van der Waals surface area contributed by atoms with Gasteiger partial charge in [-0.05, 0) is 30.0 Å². The highest BCUT2D eigenvalue weighted by molar-refractivity contribution is 7.89. The largest absolute Gasteiger partial charge is 0.382 e. The summed E-state index contributed by atoms with van der Waals surface area (Å²) >= 11 is 0. The number of hydrogen-bond acceptors (Lipinski definition) is 5. The maximum Gasteiger partial charge on any atom is 0.243 e. The van der Waals surface area contributed by atoms with Crippen molar-refractivity contribution in [2.24, 2.45) is 0 Å². The SMILES string of the molecule is CC(C)c1ccc(S(=O)(=O)N2CC[C@@](O)(c3cn[nH]n3)C2)cc1. The van der Waals surface area contributed by atoms with E-state index < -0.39 is 15.6 Å². The van der Waals surface area contributed by atoms with Crippen molar-refractivity contribution >= 4 is 10.0 Å². The van der Waals surface area contributed by atoms with E-state index >= 15 is 0 Å². The van der Waals surface area contributed by atoms with Crippen molar-refractivity contribution in [1.29, 1.82) is 0 Å². The van der Waals surface area contributed by atoms with E-state index in [-0.39, 0.29) is 18.0 Å². The highest BCUT2D eigenvalue weighted by Crippen LogP contribution is 2.33. The minimum absolute atomic E-state index is 0.0200. The van der Waals surface area contributed by atoms with Gasteiger partial charge in [0.2, 0.25) is 10.0 Å². The van der Waals surface area contributed by atoms with Crippen molar-refractivity contribution in [3.63, 3.8) is 0 Å². The number of hydrogen-bond donors (Lipinski definition) is 2. The zero-order valence-electron chi connectivity index (χ0n) is 13.1. The molecule has 0 unspecified atom stereocenters. The number of nitrogens with zero attached hydrogens (tertiary/aromatic N) is 3. The summed E-state index contributed by atoms with van der Waals surface area (Å²) in [5.74, 6) is 0.343. The van der Waals surface area contributed by atoms with Gasteiger partial charge < -0.3 is 5.11 Å². The number of benzene rings is 1. The third-order valence-electron chi connectivity index (χ3n) is 4.29. The predicted molar refractivity (Wildman–Crippen MR) is 84.2 cm³/mol. The van der Waals surface area contributed by atoms with Gasteiger partial charge in [0.25, 0.3) is 0 Å². The Morgan fingerprint density at radius 1 is 1.30 bits per heavy atom. The summed E-state index contributed by atoms with van der Waals surface area (Å²) in [4.78, 5) is 0.242. The summed E-state index contributed by atoms with van der Waals surface area (Å²) in [5.41, 5.74) is 0.160. The predicted octanol–water partition coefficient (Wildman–Crippen LogP) is 1.21. The van der Waals surface area contributed by atoms with E-state index in [2.05, 4.69) is 29.3 Å². The summed E-state index contributed by atoms with van der Waals surface area (Å²) in [5, 5.41) is 20.6. The van der Waals surface area contributed by atoms with Gasteiger partial charge in [-0.15, -0.1) is 0 Å². The van der Waals surface area contributed by atoms with Gasteiger partial charge in [-0.1, -0.05) is 26.0 Å². The monoisotopic (exact) mass is 336 g/mol. The molecule has 1 fully saturated rings. The van der Waals surface area contributed by atoms with E-state index in [1.807, 2.05) is 12.1 Å². The van der Waals surface area contributed by atoms with Gasteiger partial charge >= 0.3 is 0 Å². The minimum Gasteiger partial charge on any atom is -0.382 e. The number of sulfonamides is 1. The van der Waals surface area contributed by atoms with Gasteiger partial charge in [-0.3, -0.25) is 0 Å². The Bertz CT molecular complexity index is 772. The molecule has 1 aliphatic rings. The smallest absolute Gasteiger partial charge is 0.243 e. The van der Waals surface area contributed by atoms with Gasteiger partial charge in [0.1, 0.15) is 11.3 Å². The van der Waals surface area contributed by atoms with Crippen LogP contribution in [0.15, 0.2) is 35.4 Å². The van der Waals surface area contributed by atoms with Gasteiger partial charge in [0.05, 0.1) is 11.1 Å². The number of aliphatic hydroxyl groups is 1. The van der Waals surface area contributed by atoms with Crippen LogP contribution in [0.5, 0.6) is 0 Å². The number of nitrogens with one attached hydrogen (secondary N) is 1. The van der Waals surface area contributed by atoms with E-state index in [1.54, 1.807) is 12.1 Å². The average Bonchev–Trinajstić information content (AvgIpc) is 3.18. The summed E-state index contributed by atoms with van der Waals surface area (Å²) < 4.78 is 26.8. The summed E-state index contributed by atoms with van der Waals surface area (Å²) in [6, 6.07) is 6.91. The van der Waals surface area contributed by atoms with E-state index in [4.69, 9.17) is 0 Å². The molecule has 2 N–H and O–H groups in total. The lowest BCUT2D eigenvalue weighted by molar-refractivity contribution is 0.0485. The Morgan fingerprint density at radius 3 is 2.57 bits per heavy atom. The van der Waals surface area contributed by atoms with E-state index in [0.717, 1.165) is 5.56 Å². The van der Waals surface area contributed by atoms with Gasteiger partial charge in [0, 0.05) is 13.1 Å². The number of aromatic amines is 1. The van der Waals surface area contributed by atoms with E-state index in [1.165, 1.54) is 10.5 Å². The Morgan fingerprint density at radius 2 is 2.00 bits per heavy atom. The average molecular weight is 336 g/mol. The third kappa shape index (κ3) is 2.89. The number of aromatic nitrogens is 3. The third-order valence-corrected chi connectivity index (χ3v) is 6.15. The molecule has 1 aromatic carbocycles. The second-order valence-electron chi connectivity index (χ2n) is 6.20. The molecule has 7 nitrogen and oxygen atoms in total. The first-order valence-electron chi connectivity index (χ1n) is 7.52. The van der Waals surface area contributed by atoms with Crippen molar-refractivity contribution in [2.75, 3.05) is 13.1 Å². The van der Waals surface area contributed by atoms with E-state index in [9.17, 15) is 13.5 Å². The number of H-pyrrole nitrogens is 1. The van der Waals surface area contributed by atoms with Crippen LogP contribution in [0.3, 0.4) is 0 Å². The Labute approximate surface area is 135 Å². The van der Waals surface area contributed by atoms with Crippen LogP contribution < -0.4 is 0 Å². The highest BCUT2D eigenvalue weighted by atomic mass is 32.2. The van der Waals surface area contributed by atoms with Crippen LogP contribution in [0.4, 0.5) is 0 Å². The Hall–Kier alpha value is -1.77. The lowest BCUT2D eigenvalue weighted by Gasteiger charge is -2.21. The van der Waals surface area contributed by atoms with Gasteiger partial charge in [-0.25, -0.2) is 8.42 Å². The van der Waals surface area contributed by atoms with Crippen LogP contribution in [0.1, 0.15) is 37.4 Å². The van der Waals surface area contributed by atoms with Crippen LogP contribution in [0.2, 0.25) is 0 Å². The molecule has 0 bridgehead atoms. The lowest BCUT2D eigenvalue weighted by atomic mass is 10.0.